The Hall–Kier alpha value is 3.40. The SMILES string of the molecule is Ic1ccc2[nH]c3ccccc3c2c1.[I-].[I-].[I-].[I-].[K+].[K+].c1ccc2c(c1)[nH]c1ccccc12. The molecule has 0 aliphatic heterocycles. The molecule has 4 aromatic carbocycles. The fourth-order valence-electron chi connectivity index (χ4n) is 3.62. The molecule has 9 heteroatoms. The minimum Gasteiger partial charge on any atom is -1.00 e. The summed E-state index contributed by atoms with van der Waals surface area (Å²) in [5, 5.41) is 5.23. The topological polar surface area (TPSA) is 31.6 Å². The quantitative estimate of drug-likeness (QED) is 0.112. The number of fused-ring (bicyclic) bond motifs is 6. The largest absolute Gasteiger partial charge is 1.00 e. The van der Waals surface area contributed by atoms with Gasteiger partial charge in [0.2, 0.25) is 0 Å². The molecule has 6 rings (SSSR count). The van der Waals surface area contributed by atoms with E-state index in [1.807, 2.05) is 0 Å². The predicted octanol–water partition coefficient (Wildman–Crippen LogP) is -10.7. The molecule has 0 aliphatic rings. The van der Waals surface area contributed by atoms with Crippen LogP contribution in [0.25, 0.3) is 43.6 Å². The van der Waals surface area contributed by atoms with Crippen molar-refractivity contribution in [3.05, 3.63) is 94.6 Å². The Bertz CT molecular complexity index is 1370. The number of rotatable bonds is 0. The second-order valence-electron chi connectivity index (χ2n) is 6.58. The molecule has 2 aromatic heterocycles. The minimum atomic E-state index is 0. The van der Waals surface area contributed by atoms with E-state index >= 15 is 0 Å². The van der Waals surface area contributed by atoms with Crippen molar-refractivity contribution in [3.8, 4) is 0 Å². The van der Waals surface area contributed by atoms with Gasteiger partial charge in [0, 0.05) is 47.2 Å². The molecule has 0 saturated carbocycles. The molecule has 6 aromatic rings. The van der Waals surface area contributed by atoms with Crippen LogP contribution in [0.1, 0.15) is 0 Å². The molecule has 2 nitrogen and oxygen atoms in total. The van der Waals surface area contributed by atoms with Crippen molar-refractivity contribution in [1.82, 2.24) is 9.97 Å². The zero-order valence-corrected chi connectivity index (χ0v) is 35.1. The molecule has 0 radical (unpaired) electrons. The van der Waals surface area contributed by atoms with Gasteiger partial charge in [0.25, 0.3) is 0 Å². The van der Waals surface area contributed by atoms with E-state index in [4.69, 9.17) is 0 Å². The van der Waals surface area contributed by atoms with Gasteiger partial charge >= 0.3 is 103 Å². The van der Waals surface area contributed by atoms with Crippen molar-refractivity contribution in [2.75, 3.05) is 0 Å². The van der Waals surface area contributed by atoms with E-state index in [0.29, 0.717) is 0 Å². The maximum absolute atomic E-state index is 3.40. The van der Waals surface area contributed by atoms with Gasteiger partial charge in [-0.25, -0.2) is 0 Å². The summed E-state index contributed by atoms with van der Waals surface area (Å²) in [6.45, 7) is 0. The van der Waals surface area contributed by atoms with Gasteiger partial charge in [-0.2, -0.15) is 0 Å². The fraction of sp³-hybridized carbons (Fsp3) is 0. The first-order chi connectivity index (χ1) is 13.3. The van der Waals surface area contributed by atoms with Gasteiger partial charge in [0.1, 0.15) is 0 Å². The second-order valence-corrected chi connectivity index (χ2v) is 7.82. The summed E-state index contributed by atoms with van der Waals surface area (Å²) in [6.07, 6.45) is 0. The van der Waals surface area contributed by atoms with Crippen LogP contribution in [0.3, 0.4) is 0 Å². The van der Waals surface area contributed by atoms with Crippen LogP contribution in [0.4, 0.5) is 0 Å². The molecule has 33 heavy (non-hydrogen) atoms. The van der Waals surface area contributed by atoms with E-state index < -0.39 is 0 Å². The molecule has 162 valence electrons. The van der Waals surface area contributed by atoms with E-state index in [9.17, 15) is 0 Å². The van der Waals surface area contributed by atoms with Gasteiger partial charge in [-0.3, -0.25) is 0 Å². The zero-order valence-electron chi connectivity index (χ0n) is 18.1. The molecule has 0 spiro atoms. The standard InChI is InChI=1S/C12H8IN.C12H9N.4HI.2K/c13-8-5-6-12-10(7-8)9-3-1-2-4-11(9)14-12;1-3-7-11-9(5-1)10-6-2-4-8-12(10)13-11;;;;;;/h1-7,14H;1-8,13H;4*1H;;/q;;;;;;2*+1/p-4. The van der Waals surface area contributed by atoms with Gasteiger partial charge in [0.05, 0.1) is 0 Å². The Balaban J connectivity index is 0. The summed E-state index contributed by atoms with van der Waals surface area (Å²) in [6, 6.07) is 31.6. The number of hydrogen-bond acceptors (Lipinski definition) is 0. The molecule has 2 heterocycles. The minimum absolute atomic E-state index is 0. The molecule has 0 fully saturated rings. The number of aromatic amines is 2. The van der Waals surface area contributed by atoms with Crippen LogP contribution in [0.5, 0.6) is 0 Å². The van der Waals surface area contributed by atoms with Crippen LogP contribution < -0.4 is 199 Å². The van der Waals surface area contributed by atoms with E-state index in [1.54, 1.807) is 0 Å². The summed E-state index contributed by atoms with van der Waals surface area (Å²) in [5.74, 6) is 0. The molecule has 0 saturated heterocycles. The van der Waals surface area contributed by atoms with Crippen molar-refractivity contribution < 1.29 is 199 Å². The summed E-state index contributed by atoms with van der Waals surface area (Å²) in [5.41, 5.74) is 4.85. The Labute approximate surface area is 360 Å². The predicted molar refractivity (Wildman–Crippen MR) is 124 cm³/mol. The number of benzene rings is 4. The number of H-pyrrole nitrogens is 2. The average molecular weight is 1050 g/mol. The Morgan fingerprint density at radius 1 is 0.424 bits per heavy atom. The first-order valence-corrected chi connectivity index (χ1v) is 9.99. The summed E-state index contributed by atoms with van der Waals surface area (Å²) < 4.78 is 1.28. The molecular formula is C24H17I5K2N2-2. The monoisotopic (exact) mass is 1050 g/mol. The Morgan fingerprint density at radius 2 is 0.758 bits per heavy atom. The van der Waals surface area contributed by atoms with Crippen LogP contribution >= 0.6 is 22.6 Å². The van der Waals surface area contributed by atoms with Gasteiger partial charge < -0.3 is 106 Å². The van der Waals surface area contributed by atoms with Crippen molar-refractivity contribution in [3.63, 3.8) is 0 Å². The summed E-state index contributed by atoms with van der Waals surface area (Å²) in [4.78, 5) is 6.78. The molecule has 0 unspecified atom stereocenters. The van der Waals surface area contributed by atoms with Gasteiger partial charge in [0.15, 0.2) is 0 Å². The van der Waals surface area contributed by atoms with Crippen molar-refractivity contribution in [1.29, 1.82) is 0 Å². The number of hydrogen-bond donors (Lipinski definition) is 2. The third kappa shape index (κ3) is 9.23. The van der Waals surface area contributed by atoms with Gasteiger partial charge in [-0.15, -0.1) is 0 Å². The van der Waals surface area contributed by atoms with Crippen molar-refractivity contribution in [2.24, 2.45) is 0 Å². The smallest absolute Gasteiger partial charge is 1.00 e. The first kappa shape index (κ1) is 38.5. The number of halogens is 5. The maximum atomic E-state index is 3.40. The third-order valence-electron chi connectivity index (χ3n) is 4.88. The van der Waals surface area contributed by atoms with Crippen molar-refractivity contribution in [2.45, 2.75) is 0 Å². The average Bonchev–Trinajstić information content (AvgIpc) is 3.26. The second kappa shape index (κ2) is 18.6. The van der Waals surface area contributed by atoms with Crippen LogP contribution in [-0.4, -0.2) is 9.97 Å². The molecule has 0 amide bonds. The normalized spacial score (nSPS) is 9.12. The van der Waals surface area contributed by atoms with Crippen LogP contribution in [0.2, 0.25) is 0 Å². The Morgan fingerprint density at radius 3 is 1.18 bits per heavy atom. The molecular weight excluding hydrogens is 1030 g/mol. The number of aromatic nitrogens is 2. The van der Waals surface area contributed by atoms with E-state index in [0.717, 1.165) is 0 Å². The zero-order chi connectivity index (χ0) is 18.2. The fourth-order valence-corrected chi connectivity index (χ4v) is 4.11. The van der Waals surface area contributed by atoms with Crippen LogP contribution in [0.15, 0.2) is 91.0 Å². The molecule has 0 aliphatic carbocycles. The third-order valence-corrected chi connectivity index (χ3v) is 5.55. The van der Waals surface area contributed by atoms with E-state index in [-0.39, 0.29) is 199 Å². The molecule has 0 bridgehead atoms. The van der Waals surface area contributed by atoms with Gasteiger partial charge in [-0.1, -0.05) is 54.6 Å². The van der Waals surface area contributed by atoms with Crippen LogP contribution in [-0.2, 0) is 0 Å². The van der Waals surface area contributed by atoms with Crippen LogP contribution in [0, 0.1) is 3.57 Å². The van der Waals surface area contributed by atoms with E-state index in [1.165, 1.54) is 47.2 Å². The molecule has 0 atom stereocenters. The first-order valence-electron chi connectivity index (χ1n) is 8.91. The molecule has 2 N–H and O–H groups in total. The maximum Gasteiger partial charge on any atom is 1.00 e. The van der Waals surface area contributed by atoms with Crippen molar-refractivity contribution >= 4 is 66.2 Å². The number of para-hydroxylation sites is 3. The Kier molecular flexibility index (Phi) is 21.8. The number of nitrogens with one attached hydrogen (secondary N) is 2. The van der Waals surface area contributed by atoms with E-state index in [2.05, 4.69) is 124 Å². The summed E-state index contributed by atoms with van der Waals surface area (Å²) >= 11 is 2.34. The van der Waals surface area contributed by atoms with Gasteiger partial charge in [-0.05, 0) is 59.0 Å². The summed E-state index contributed by atoms with van der Waals surface area (Å²) in [7, 11) is 0.